The maximum atomic E-state index is 12.7. The van der Waals surface area contributed by atoms with E-state index in [1.165, 1.54) is 12.1 Å². The van der Waals surface area contributed by atoms with E-state index in [4.69, 9.17) is 0 Å². The maximum absolute atomic E-state index is 12.7. The first-order valence-electron chi connectivity index (χ1n) is 6.98. The van der Waals surface area contributed by atoms with Crippen molar-refractivity contribution >= 4 is 11.4 Å². The van der Waals surface area contributed by atoms with Crippen LogP contribution in [-0.2, 0) is 12.6 Å². The smallest absolute Gasteiger partial charge is 0.396 e. The summed E-state index contributed by atoms with van der Waals surface area (Å²) in [5.41, 5.74) is 1.73. The lowest BCUT2D eigenvalue weighted by molar-refractivity contribution is -0.137. The van der Waals surface area contributed by atoms with Crippen LogP contribution in [0.1, 0.15) is 11.3 Å². The van der Waals surface area contributed by atoms with Crippen LogP contribution in [0, 0.1) is 5.92 Å². The minimum atomic E-state index is -4.34. The van der Waals surface area contributed by atoms with Crippen molar-refractivity contribution in [3.8, 4) is 0 Å². The van der Waals surface area contributed by atoms with Gasteiger partial charge in [-0.2, -0.15) is 13.2 Å². The third kappa shape index (κ3) is 2.78. The molecule has 1 aliphatic rings. The molecule has 0 aliphatic carbocycles. The highest BCUT2D eigenvalue weighted by Crippen LogP contribution is 2.36. The van der Waals surface area contributed by atoms with Crippen LogP contribution < -0.4 is 4.90 Å². The van der Waals surface area contributed by atoms with Gasteiger partial charge in [-0.05, 0) is 42.8 Å². The van der Waals surface area contributed by atoms with Gasteiger partial charge in [0.1, 0.15) is 0 Å². The first kappa shape index (κ1) is 14.8. The van der Waals surface area contributed by atoms with Gasteiger partial charge in [0, 0.05) is 31.0 Å². The molecule has 3 nitrogen and oxygen atoms in total. The second-order valence-corrected chi connectivity index (χ2v) is 5.38. The summed E-state index contributed by atoms with van der Waals surface area (Å²) in [6, 6.07) is 8.77. The summed E-state index contributed by atoms with van der Waals surface area (Å²) in [5.74, 6) is 0.0182. The zero-order valence-corrected chi connectivity index (χ0v) is 11.7. The molecule has 0 amide bonds. The number of aliphatic hydroxyl groups excluding tert-OH is 1. The topological polar surface area (TPSA) is 36.4 Å². The predicted octanol–water partition coefficient (Wildman–Crippen LogP) is 3.40. The quantitative estimate of drug-likeness (QED) is 0.923. The van der Waals surface area contributed by atoms with Crippen molar-refractivity contribution in [3.05, 3.63) is 53.9 Å². The van der Waals surface area contributed by atoms with Crippen molar-refractivity contribution in [2.45, 2.75) is 12.6 Å². The van der Waals surface area contributed by atoms with Gasteiger partial charge in [-0.15, -0.1) is 0 Å². The second-order valence-electron chi connectivity index (χ2n) is 5.38. The number of aliphatic hydroxyl groups is 1. The molecule has 1 unspecified atom stereocenters. The summed E-state index contributed by atoms with van der Waals surface area (Å²) in [6.45, 7) is 0.577. The van der Waals surface area contributed by atoms with Crippen LogP contribution >= 0.6 is 0 Å². The zero-order valence-electron chi connectivity index (χ0n) is 11.7. The van der Waals surface area contributed by atoms with Gasteiger partial charge in [0.2, 0.25) is 0 Å². The van der Waals surface area contributed by atoms with Crippen molar-refractivity contribution in [3.63, 3.8) is 0 Å². The Kier molecular flexibility index (Phi) is 3.78. The van der Waals surface area contributed by atoms with Crippen molar-refractivity contribution in [1.29, 1.82) is 0 Å². The van der Waals surface area contributed by atoms with Gasteiger partial charge < -0.3 is 10.0 Å². The Bertz CT molecular complexity index is 655. The van der Waals surface area contributed by atoms with Gasteiger partial charge in [-0.25, -0.2) is 0 Å². The van der Waals surface area contributed by atoms with E-state index in [9.17, 15) is 18.3 Å². The largest absolute Gasteiger partial charge is 0.416 e. The van der Waals surface area contributed by atoms with Crippen LogP contribution in [0.15, 0.2) is 42.6 Å². The molecular formula is C16H15F3N2O. The Morgan fingerprint density at radius 3 is 2.55 bits per heavy atom. The lowest BCUT2D eigenvalue weighted by Gasteiger charge is -2.34. The summed E-state index contributed by atoms with van der Waals surface area (Å²) in [5, 5.41) is 9.43. The number of hydrogen-bond donors (Lipinski definition) is 1. The van der Waals surface area contributed by atoms with Crippen molar-refractivity contribution < 1.29 is 18.3 Å². The molecule has 0 saturated heterocycles. The molecule has 116 valence electrons. The van der Waals surface area contributed by atoms with Crippen molar-refractivity contribution in [2.75, 3.05) is 18.1 Å². The lowest BCUT2D eigenvalue weighted by Crippen LogP contribution is -2.34. The van der Waals surface area contributed by atoms with Gasteiger partial charge >= 0.3 is 6.18 Å². The number of rotatable bonds is 2. The number of aromatic nitrogens is 1. The highest BCUT2D eigenvalue weighted by Gasteiger charge is 2.31. The number of alkyl halides is 3. The Labute approximate surface area is 126 Å². The van der Waals surface area contributed by atoms with E-state index in [1.807, 2.05) is 11.0 Å². The molecule has 1 aromatic carbocycles. The van der Waals surface area contributed by atoms with Crippen LogP contribution in [0.2, 0.25) is 0 Å². The minimum absolute atomic E-state index is 0.0182. The number of anilines is 2. The molecule has 1 atom stereocenters. The normalized spacial score (nSPS) is 18.2. The number of halogens is 3. The first-order chi connectivity index (χ1) is 10.5. The van der Waals surface area contributed by atoms with E-state index in [0.29, 0.717) is 18.7 Å². The average Bonchev–Trinajstić information content (AvgIpc) is 2.53. The molecule has 0 spiro atoms. The van der Waals surface area contributed by atoms with Gasteiger partial charge in [-0.3, -0.25) is 4.98 Å². The number of fused-ring (bicyclic) bond motifs is 1. The van der Waals surface area contributed by atoms with Gasteiger partial charge in [0.25, 0.3) is 0 Å². The summed E-state index contributed by atoms with van der Waals surface area (Å²) in [6.07, 6.45) is -1.99. The minimum Gasteiger partial charge on any atom is -0.396 e. The summed E-state index contributed by atoms with van der Waals surface area (Å²) >= 11 is 0. The zero-order chi connectivity index (χ0) is 15.7. The van der Waals surface area contributed by atoms with Crippen molar-refractivity contribution in [2.24, 2.45) is 5.92 Å². The number of pyridine rings is 1. The Morgan fingerprint density at radius 2 is 1.91 bits per heavy atom. The molecule has 2 aromatic rings. The van der Waals surface area contributed by atoms with Gasteiger partial charge in [0.15, 0.2) is 0 Å². The fourth-order valence-corrected chi connectivity index (χ4v) is 2.72. The summed E-state index contributed by atoms with van der Waals surface area (Å²) in [4.78, 5) is 6.23. The van der Waals surface area contributed by atoms with Gasteiger partial charge in [0.05, 0.1) is 16.9 Å². The molecule has 0 fully saturated rings. The number of benzene rings is 1. The molecule has 6 heteroatoms. The molecule has 0 saturated carbocycles. The highest BCUT2D eigenvalue weighted by molar-refractivity contribution is 5.66. The third-order valence-corrected chi connectivity index (χ3v) is 3.84. The van der Waals surface area contributed by atoms with E-state index < -0.39 is 11.7 Å². The Hall–Kier alpha value is -2.08. The fourth-order valence-electron chi connectivity index (χ4n) is 2.72. The average molecular weight is 308 g/mol. The number of hydrogen-bond acceptors (Lipinski definition) is 3. The van der Waals surface area contributed by atoms with Crippen LogP contribution in [-0.4, -0.2) is 23.2 Å². The monoisotopic (exact) mass is 308 g/mol. The highest BCUT2D eigenvalue weighted by atomic mass is 19.4. The fraction of sp³-hybridized carbons (Fsp3) is 0.312. The van der Waals surface area contributed by atoms with Crippen LogP contribution in [0.4, 0.5) is 24.5 Å². The molecule has 0 radical (unpaired) electrons. The molecular weight excluding hydrogens is 293 g/mol. The second kappa shape index (κ2) is 5.61. The van der Waals surface area contributed by atoms with E-state index in [0.717, 1.165) is 23.5 Å². The van der Waals surface area contributed by atoms with E-state index >= 15 is 0 Å². The van der Waals surface area contributed by atoms with Crippen LogP contribution in [0.3, 0.4) is 0 Å². The SMILES string of the molecule is OCC1Cc2ncccc2N(c2ccc(C(F)(F)F)cc2)C1. The maximum Gasteiger partial charge on any atom is 0.416 e. The van der Waals surface area contributed by atoms with E-state index in [2.05, 4.69) is 4.98 Å². The first-order valence-corrected chi connectivity index (χ1v) is 6.98. The van der Waals surface area contributed by atoms with E-state index in [-0.39, 0.29) is 12.5 Å². The van der Waals surface area contributed by atoms with Crippen LogP contribution in [0.25, 0.3) is 0 Å². The van der Waals surface area contributed by atoms with E-state index in [1.54, 1.807) is 12.3 Å². The summed E-state index contributed by atoms with van der Waals surface area (Å²) < 4.78 is 38.0. The van der Waals surface area contributed by atoms with Gasteiger partial charge in [-0.1, -0.05) is 0 Å². The lowest BCUT2D eigenvalue weighted by atomic mass is 9.96. The molecule has 22 heavy (non-hydrogen) atoms. The molecule has 1 aliphatic heterocycles. The molecule has 3 rings (SSSR count). The van der Waals surface area contributed by atoms with Crippen molar-refractivity contribution in [1.82, 2.24) is 4.98 Å². The predicted molar refractivity (Wildman–Crippen MR) is 77.0 cm³/mol. The number of nitrogens with zero attached hydrogens (tertiary/aromatic N) is 2. The summed E-state index contributed by atoms with van der Waals surface area (Å²) in [7, 11) is 0. The third-order valence-electron chi connectivity index (χ3n) is 3.84. The van der Waals surface area contributed by atoms with Crippen LogP contribution in [0.5, 0.6) is 0 Å². The molecule has 2 heterocycles. The molecule has 0 bridgehead atoms. The molecule has 1 N–H and O–H groups in total. The Morgan fingerprint density at radius 1 is 1.18 bits per heavy atom. The Balaban J connectivity index is 1.97. The molecule has 1 aromatic heterocycles. The standard InChI is InChI=1S/C16H15F3N2O/c17-16(18,19)12-3-5-13(6-4-12)21-9-11(10-22)8-14-15(21)2-1-7-20-14/h1-7,11,22H,8-10H2.